The quantitative estimate of drug-likeness (QED) is 0.463. The Labute approximate surface area is 55.2 Å². The van der Waals surface area contributed by atoms with Crippen LogP contribution in [0.5, 0.6) is 0 Å². The molecule has 1 heterocycles. The number of rotatable bonds is 2. The minimum Gasteiger partial charge on any atom is -0.342 e. The van der Waals surface area contributed by atoms with Gasteiger partial charge in [0.15, 0.2) is 0 Å². The predicted octanol–water partition coefficient (Wildman–Crippen LogP) is -0.611. The normalized spacial score (nSPS) is 20.1. The lowest BCUT2D eigenvalue weighted by Crippen LogP contribution is -2.56. The van der Waals surface area contributed by atoms with Gasteiger partial charge >= 0.3 is 0 Å². The van der Waals surface area contributed by atoms with Crippen LogP contribution in [-0.2, 0) is 4.79 Å². The summed E-state index contributed by atoms with van der Waals surface area (Å²) in [4.78, 5) is 14.0. The smallest absolute Gasteiger partial charge is 0.209 e. The van der Waals surface area contributed by atoms with Crippen molar-refractivity contribution in [1.29, 1.82) is 0 Å². The molecule has 0 N–H and O–H groups in total. The molecule has 0 aromatic carbocycles. The minimum atomic E-state index is 0.593. The fourth-order valence-electron chi connectivity index (χ4n) is 0.901. The van der Waals surface area contributed by atoms with Gasteiger partial charge in [0.05, 0.1) is 0 Å². The number of likely N-dealkylation sites (N-methyl/N-ethyl adjacent to an activating group) is 1. The fourth-order valence-corrected chi connectivity index (χ4v) is 0.901. The summed E-state index contributed by atoms with van der Waals surface area (Å²) in [5, 5.41) is 0. The standard InChI is InChI=1S/C6H12N2O/c1-7(2)6-3-8(4-6)5-9/h5-6H,3-4H2,1-2H3. The van der Waals surface area contributed by atoms with Crippen molar-refractivity contribution in [3.8, 4) is 0 Å². The Hall–Kier alpha value is -0.570. The van der Waals surface area contributed by atoms with E-state index in [0.29, 0.717) is 6.04 Å². The molecule has 1 amide bonds. The number of hydrogen-bond donors (Lipinski definition) is 0. The second-order valence-corrected chi connectivity index (χ2v) is 2.68. The van der Waals surface area contributed by atoms with Crippen LogP contribution >= 0.6 is 0 Å². The average molecular weight is 128 g/mol. The van der Waals surface area contributed by atoms with Gasteiger partial charge in [0, 0.05) is 19.1 Å². The van der Waals surface area contributed by atoms with Crippen LogP contribution in [-0.4, -0.2) is 49.4 Å². The van der Waals surface area contributed by atoms with Crippen LogP contribution in [0, 0.1) is 0 Å². The van der Waals surface area contributed by atoms with Gasteiger partial charge in [0.25, 0.3) is 0 Å². The molecule has 1 aliphatic heterocycles. The molecule has 0 aromatic heterocycles. The Kier molecular flexibility index (Phi) is 1.71. The van der Waals surface area contributed by atoms with Crippen LogP contribution in [0.2, 0.25) is 0 Å². The van der Waals surface area contributed by atoms with E-state index in [0.717, 1.165) is 19.5 Å². The topological polar surface area (TPSA) is 23.6 Å². The van der Waals surface area contributed by atoms with Crippen LogP contribution in [0.4, 0.5) is 0 Å². The molecule has 0 aliphatic carbocycles. The SMILES string of the molecule is CN(C)C1CN(C=O)C1. The summed E-state index contributed by atoms with van der Waals surface area (Å²) >= 11 is 0. The number of likely N-dealkylation sites (tertiary alicyclic amines) is 1. The Morgan fingerprint density at radius 2 is 2.11 bits per heavy atom. The third kappa shape index (κ3) is 1.21. The van der Waals surface area contributed by atoms with Crippen molar-refractivity contribution in [3.05, 3.63) is 0 Å². The summed E-state index contributed by atoms with van der Waals surface area (Å²) in [6, 6.07) is 0.593. The fraction of sp³-hybridized carbons (Fsp3) is 0.833. The van der Waals surface area contributed by atoms with Gasteiger partial charge in [-0.2, -0.15) is 0 Å². The molecule has 0 aromatic rings. The van der Waals surface area contributed by atoms with Crippen LogP contribution in [0.25, 0.3) is 0 Å². The molecular formula is C6H12N2O. The molecule has 0 atom stereocenters. The Morgan fingerprint density at radius 1 is 1.56 bits per heavy atom. The van der Waals surface area contributed by atoms with E-state index in [9.17, 15) is 4.79 Å². The first-order valence-electron chi connectivity index (χ1n) is 3.10. The first kappa shape index (κ1) is 6.55. The van der Waals surface area contributed by atoms with Crippen LogP contribution in [0.3, 0.4) is 0 Å². The lowest BCUT2D eigenvalue weighted by molar-refractivity contribution is -0.124. The Bertz CT molecular complexity index is 108. The number of amides is 1. The predicted molar refractivity (Wildman–Crippen MR) is 35.1 cm³/mol. The maximum Gasteiger partial charge on any atom is 0.209 e. The van der Waals surface area contributed by atoms with Crippen molar-refractivity contribution in [3.63, 3.8) is 0 Å². The van der Waals surface area contributed by atoms with Crippen molar-refractivity contribution in [2.45, 2.75) is 6.04 Å². The number of carbonyl (C=O) groups is 1. The van der Waals surface area contributed by atoms with Gasteiger partial charge in [-0.15, -0.1) is 0 Å². The average Bonchev–Trinajstić information content (AvgIpc) is 1.61. The van der Waals surface area contributed by atoms with Crippen LogP contribution < -0.4 is 0 Å². The largest absolute Gasteiger partial charge is 0.342 e. The Morgan fingerprint density at radius 3 is 2.44 bits per heavy atom. The molecule has 3 nitrogen and oxygen atoms in total. The van der Waals surface area contributed by atoms with E-state index in [-0.39, 0.29) is 0 Å². The molecule has 0 bridgehead atoms. The summed E-state index contributed by atoms with van der Waals surface area (Å²) in [5.41, 5.74) is 0. The van der Waals surface area contributed by atoms with Gasteiger partial charge < -0.3 is 9.80 Å². The van der Waals surface area contributed by atoms with E-state index in [4.69, 9.17) is 0 Å². The summed E-state index contributed by atoms with van der Waals surface area (Å²) in [6.45, 7) is 1.80. The zero-order chi connectivity index (χ0) is 6.85. The second-order valence-electron chi connectivity index (χ2n) is 2.68. The lowest BCUT2D eigenvalue weighted by atomic mass is 10.1. The van der Waals surface area contributed by atoms with Gasteiger partial charge in [-0.3, -0.25) is 4.79 Å². The monoisotopic (exact) mass is 128 g/mol. The molecule has 3 heteroatoms. The van der Waals surface area contributed by atoms with E-state index >= 15 is 0 Å². The van der Waals surface area contributed by atoms with Gasteiger partial charge in [-0.05, 0) is 14.1 Å². The maximum absolute atomic E-state index is 10.1. The second kappa shape index (κ2) is 2.35. The molecule has 0 unspecified atom stereocenters. The van der Waals surface area contributed by atoms with Crippen molar-refractivity contribution < 1.29 is 4.79 Å². The summed E-state index contributed by atoms with van der Waals surface area (Å²) in [5.74, 6) is 0. The molecule has 0 radical (unpaired) electrons. The zero-order valence-electron chi connectivity index (χ0n) is 5.87. The van der Waals surface area contributed by atoms with E-state index in [1.807, 2.05) is 14.1 Å². The molecular weight excluding hydrogens is 116 g/mol. The van der Waals surface area contributed by atoms with E-state index < -0.39 is 0 Å². The molecule has 0 saturated carbocycles. The third-order valence-electron chi connectivity index (χ3n) is 1.77. The lowest BCUT2D eigenvalue weighted by Gasteiger charge is -2.40. The minimum absolute atomic E-state index is 0.593. The maximum atomic E-state index is 10.1. The third-order valence-corrected chi connectivity index (χ3v) is 1.77. The number of hydrogen-bond acceptors (Lipinski definition) is 2. The number of carbonyl (C=O) groups excluding carboxylic acids is 1. The van der Waals surface area contributed by atoms with Gasteiger partial charge in [0.1, 0.15) is 0 Å². The summed E-state index contributed by atoms with van der Waals surface area (Å²) < 4.78 is 0. The van der Waals surface area contributed by atoms with Gasteiger partial charge in [-0.1, -0.05) is 0 Å². The van der Waals surface area contributed by atoms with Gasteiger partial charge in [0.2, 0.25) is 6.41 Å². The van der Waals surface area contributed by atoms with E-state index in [1.165, 1.54) is 0 Å². The van der Waals surface area contributed by atoms with Crippen LogP contribution in [0.15, 0.2) is 0 Å². The van der Waals surface area contributed by atoms with Gasteiger partial charge in [-0.25, -0.2) is 0 Å². The molecule has 1 rings (SSSR count). The Balaban J connectivity index is 2.19. The molecule has 1 fully saturated rings. The van der Waals surface area contributed by atoms with Crippen molar-refractivity contribution in [2.24, 2.45) is 0 Å². The highest BCUT2D eigenvalue weighted by atomic mass is 16.1. The molecule has 9 heavy (non-hydrogen) atoms. The number of nitrogens with zero attached hydrogens (tertiary/aromatic N) is 2. The summed E-state index contributed by atoms with van der Waals surface area (Å²) in [6.07, 6.45) is 0.903. The van der Waals surface area contributed by atoms with Crippen molar-refractivity contribution in [2.75, 3.05) is 27.2 Å². The highest BCUT2D eigenvalue weighted by molar-refractivity contribution is 5.49. The van der Waals surface area contributed by atoms with E-state index in [2.05, 4.69) is 4.90 Å². The van der Waals surface area contributed by atoms with Crippen molar-refractivity contribution in [1.82, 2.24) is 9.80 Å². The van der Waals surface area contributed by atoms with E-state index in [1.54, 1.807) is 4.90 Å². The van der Waals surface area contributed by atoms with Crippen LogP contribution in [0.1, 0.15) is 0 Å². The first-order valence-corrected chi connectivity index (χ1v) is 3.10. The molecule has 52 valence electrons. The highest BCUT2D eigenvalue weighted by Gasteiger charge is 2.26. The van der Waals surface area contributed by atoms with Crippen molar-refractivity contribution >= 4 is 6.41 Å². The zero-order valence-corrected chi connectivity index (χ0v) is 5.87. The molecule has 0 spiro atoms. The molecule has 1 saturated heterocycles. The summed E-state index contributed by atoms with van der Waals surface area (Å²) in [7, 11) is 4.07. The molecule has 1 aliphatic rings. The first-order chi connectivity index (χ1) is 4.24. The highest BCUT2D eigenvalue weighted by Crippen LogP contribution is 2.08.